The normalized spacial score (nSPS) is 12.8. The molecule has 0 bridgehead atoms. The van der Waals surface area contributed by atoms with Crippen molar-refractivity contribution in [3.05, 3.63) is 48.5 Å². The average molecular weight is 508 g/mol. The molecule has 22 heavy (non-hydrogen) atoms. The number of hydrogen-bond acceptors (Lipinski definition) is 2. The molecule has 0 aromatic heterocycles. The van der Waals surface area contributed by atoms with Crippen molar-refractivity contribution >= 4 is 55.3 Å². The standard InChI is InChI=1S/C12H8N2.6CH3.2Sn/c1-3-7-11(8-4-1)13-14-12-9-5-2-6-10-12;;;;;;;;/h3-10H;6*1H3;;. The molecule has 2 nitrogen and oxygen atoms in total. The number of nitrogens with zero attached hydrogens (tertiary/aromatic N) is 2. The van der Waals surface area contributed by atoms with Gasteiger partial charge in [-0.2, -0.15) is 0 Å². The Morgan fingerprint density at radius 2 is 0.773 bits per heavy atom. The maximum absolute atomic E-state index is 4.36. The molecule has 0 heterocycles. The van der Waals surface area contributed by atoms with Crippen molar-refractivity contribution in [3.63, 3.8) is 0 Å². The zero-order valence-corrected chi connectivity index (χ0v) is 20.2. The molecule has 0 radical (unpaired) electrons. The maximum atomic E-state index is 4.36. The Morgan fingerprint density at radius 3 is 1.00 bits per heavy atom. The van der Waals surface area contributed by atoms with Gasteiger partial charge in [-0.25, -0.2) is 0 Å². The van der Waals surface area contributed by atoms with Gasteiger partial charge in [-0.3, -0.25) is 0 Å². The number of azo groups is 1. The zero-order chi connectivity index (χ0) is 16.4. The van der Waals surface area contributed by atoms with Crippen LogP contribution in [-0.2, 0) is 0 Å². The summed E-state index contributed by atoms with van der Waals surface area (Å²) in [5.74, 6) is 0. The molecule has 0 atom stereocenters. The second kappa shape index (κ2) is 7.03. The van der Waals surface area contributed by atoms with Crippen molar-refractivity contribution in [2.24, 2.45) is 10.2 Å². The molecule has 4 heteroatoms. The fraction of sp³-hybridized carbons (Fsp3) is 0.333. The van der Waals surface area contributed by atoms with Gasteiger partial charge in [-0.1, -0.05) is 0 Å². The third kappa shape index (κ3) is 5.08. The quantitative estimate of drug-likeness (QED) is 0.402. The molecular weight excluding hydrogens is 482 g/mol. The van der Waals surface area contributed by atoms with Crippen LogP contribution < -0.4 is 7.16 Å². The predicted octanol–water partition coefficient (Wildman–Crippen LogP) is 5.19. The summed E-state index contributed by atoms with van der Waals surface area (Å²) in [6, 6.07) is 17.2. The van der Waals surface area contributed by atoms with E-state index in [1.54, 1.807) is 0 Å². The van der Waals surface area contributed by atoms with Gasteiger partial charge < -0.3 is 0 Å². The van der Waals surface area contributed by atoms with Gasteiger partial charge in [0.25, 0.3) is 0 Å². The molecule has 0 aliphatic heterocycles. The van der Waals surface area contributed by atoms with Gasteiger partial charge in [0.1, 0.15) is 0 Å². The fourth-order valence-corrected chi connectivity index (χ4v) is 8.83. The third-order valence-corrected chi connectivity index (χ3v) is 15.5. The van der Waals surface area contributed by atoms with E-state index in [1.165, 1.54) is 7.16 Å². The first kappa shape index (κ1) is 18.0. The Morgan fingerprint density at radius 1 is 0.500 bits per heavy atom. The second-order valence-corrected chi connectivity index (χ2v) is 36.8. The first-order valence-corrected chi connectivity index (χ1v) is 27.8. The first-order valence-electron chi connectivity index (χ1n) is 7.79. The van der Waals surface area contributed by atoms with Crippen LogP contribution in [0.3, 0.4) is 0 Å². The molecule has 0 saturated carbocycles. The van der Waals surface area contributed by atoms with E-state index in [-0.39, 0.29) is 0 Å². The summed E-state index contributed by atoms with van der Waals surface area (Å²) in [6.07, 6.45) is 0. The van der Waals surface area contributed by atoms with Gasteiger partial charge >= 0.3 is 144 Å². The second-order valence-electron chi connectivity index (χ2n) is 7.79. The summed E-state index contributed by atoms with van der Waals surface area (Å²) in [5.41, 5.74) is 1.86. The van der Waals surface area contributed by atoms with Crippen LogP contribution >= 0.6 is 0 Å². The molecule has 0 fully saturated rings. The molecule has 0 saturated heterocycles. The average Bonchev–Trinajstić information content (AvgIpc) is 2.44. The fourth-order valence-electron chi connectivity index (χ4n) is 2.17. The molecular formula is C18H26N2Sn2. The van der Waals surface area contributed by atoms with Crippen LogP contribution in [0.5, 0.6) is 0 Å². The van der Waals surface area contributed by atoms with Crippen LogP contribution in [0.1, 0.15) is 0 Å². The van der Waals surface area contributed by atoms with Gasteiger partial charge in [0.2, 0.25) is 0 Å². The summed E-state index contributed by atoms with van der Waals surface area (Å²) in [7, 11) is 0. The topological polar surface area (TPSA) is 24.7 Å². The van der Waals surface area contributed by atoms with E-state index < -0.39 is 36.8 Å². The van der Waals surface area contributed by atoms with E-state index in [1.807, 2.05) is 0 Å². The van der Waals surface area contributed by atoms with E-state index in [2.05, 4.69) is 88.4 Å². The number of rotatable bonds is 4. The van der Waals surface area contributed by atoms with E-state index in [0.717, 1.165) is 11.4 Å². The summed E-state index contributed by atoms with van der Waals surface area (Å²) in [5, 5.41) is 8.71. The van der Waals surface area contributed by atoms with E-state index in [0.29, 0.717) is 0 Å². The number of benzene rings is 2. The van der Waals surface area contributed by atoms with Crippen LogP contribution in [0.2, 0.25) is 29.6 Å². The Labute approximate surface area is 142 Å². The molecule has 0 N–H and O–H groups in total. The van der Waals surface area contributed by atoms with Crippen molar-refractivity contribution in [3.8, 4) is 0 Å². The molecule has 0 spiro atoms. The SMILES string of the molecule is [CH3][Sn]([CH3])([CH3])[c]1ccc(N=Nc2cc[c]([Sn]([CH3])([CH3])[CH3])cc2)cc1. The Kier molecular flexibility index (Phi) is 5.75. The van der Waals surface area contributed by atoms with E-state index in [4.69, 9.17) is 0 Å². The van der Waals surface area contributed by atoms with E-state index in [9.17, 15) is 0 Å². The van der Waals surface area contributed by atoms with Gasteiger partial charge in [0, 0.05) is 0 Å². The first-order chi connectivity index (χ1) is 10.2. The van der Waals surface area contributed by atoms with Crippen LogP contribution in [0, 0.1) is 0 Å². The van der Waals surface area contributed by atoms with Gasteiger partial charge in [0.15, 0.2) is 0 Å². The van der Waals surface area contributed by atoms with Crippen LogP contribution in [0.4, 0.5) is 11.4 Å². The molecule has 2 aromatic carbocycles. The third-order valence-electron chi connectivity index (χ3n) is 3.75. The van der Waals surface area contributed by atoms with Crippen molar-refractivity contribution < 1.29 is 0 Å². The Bertz CT molecular complexity index is 586. The van der Waals surface area contributed by atoms with Crippen LogP contribution in [-0.4, -0.2) is 36.8 Å². The van der Waals surface area contributed by atoms with Crippen molar-refractivity contribution in [2.75, 3.05) is 0 Å². The van der Waals surface area contributed by atoms with Crippen molar-refractivity contribution in [1.29, 1.82) is 0 Å². The summed E-state index contributed by atoms with van der Waals surface area (Å²) < 4.78 is 3.05. The van der Waals surface area contributed by atoms with E-state index >= 15 is 0 Å². The zero-order valence-electron chi connectivity index (χ0n) is 14.5. The van der Waals surface area contributed by atoms with Gasteiger partial charge in [-0.15, -0.1) is 0 Å². The molecule has 0 aliphatic rings. The number of hydrogen-bond donors (Lipinski definition) is 0. The molecule has 116 valence electrons. The Balaban J connectivity index is 2.12. The minimum absolute atomic E-state index is 0.929. The summed E-state index contributed by atoms with van der Waals surface area (Å²) >= 11 is -3.91. The van der Waals surface area contributed by atoms with Crippen molar-refractivity contribution in [1.82, 2.24) is 0 Å². The van der Waals surface area contributed by atoms with Crippen molar-refractivity contribution in [2.45, 2.75) is 29.6 Å². The molecule has 2 aromatic rings. The molecule has 2 rings (SSSR count). The summed E-state index contributed by atoms with van der Waals surface area (Å²) in [4.78, 5) is 14.5. The molecule has 0 unspecified atom stereocenters. The summed E-state index contributed by atoms with van der Waals surface area (Å²) in [6.45, 7) is 0. The van der Waals surface area contributed by atoms with Crippen LogP contribution in [0.25, 0.3) is 0 Å². The molecule has 0 amide bonds. The monoisotopic (exact) mass is 510 g/mol. The van der Waals surface area contributed by atoms with Gasteiger partial charge in [-0.05, 0) is 0 Å². The van der Waals surface area contributed by atoms with Crippen LogP contribution in [0.15, 0.2) is 58.8 Å². The van der Waals surface area contributed by atoms with Gasteiger partial charge in [0.05, 0.1) is 0 Å². The molecule has 0 aliphatic carbocycles. The Hall–Kier alpha value is -0.363. The predicted molar refractivity (Wildman–Crippen MR) is 103 cm³/mol. The minimum atomic E-state index is -1.95.